The van der Waals surface area contributed by atoms with E-state index in [-0.39, 0.29) is 17.5 Å². The van der Waals surface area contributed by atoms with Crippen LogP contribution in [-0.2, 0) is 9.53 Å². The minimum Gasteiger partial charge on any atom is -0.462 e. The fourth-order valence-electron chi connectivity index (χ4n) is 1.67. The Morgan fingerprint density at radius 3 is 1.73 bits per heavy atom. The summed E-state index contributed by atoms with van der Waals surface area (Å²) in [5.74, 6) is 0.692. The average molecular weight is 214 g/mol. The number of esters is 1. The van der Waals surface area contributed by atoms with Gasteiger partial charge in [0.05, 0.1) is 6.42 Å². The first-order valence-electron chi connectivity index (χ1n) is 5.83. The molecular formula is C13H26O2. The maximum atomic E-state index is 11.7. The smallest absolute Gasteiger partial charge is 0.306 e. The van der Waals surface area contributed by atoms with Crippen LogP contribution in [0.15, 0.2) is 0 Å². The summed E-state index contributed by atoms with van der Waals surface area (Å²) in [7, 11) is 0. The highest BCUT2D eigenvalue weighted by Crippen LogP contribution is 2.22. The molecule has 0 unspecified atom stereocenters. The minimum atomic E-state index is -0.0742. The Morgan fingerprint density at radius 2 is 1.47 bits per heavy atom. The van der Waals surface area contributed by atoms with Crippen LogP contribution in [0.5, 0.6) is 0 Å². The van der Waals surface area contributed by atoms with Gasteiger partial charge >= 0.3 is 5.97 Å². The maximum Gasteiger partial charge on any atom is 0.306 e. The van der Waals surface area contributed by atoms with E-state index in [2.05, 4.69) is 27.7 Å². The fraction of sp³-hybridized carbons (Fsp3) is 0.923. The molecule has 0 saturated carbocycles. The Labute approximate surface area is 94.4 Å². The van der Waals surface area contributed by atoms with Crippen LogP contribution in [0.2, 0.25) is 0 Å². The largest absolute Gasteiger partial charge is 0.462 e. The first-order chi connectivity index (χ1) is 6.63. The molecule has 2 nitrogen and oxygen atoms in total. The zero-order valence-electron chi connectivity index (χ0n) is 11.3. The van der Waals surface area contributed by atoms with Gasteiger partial charge in [0.25, 0.3) is 0 Å². The van der Waals surface area contributed by atoms with Crippen molar-refractivity contribution in [1.29, 1.82) is 0 Å². The Balaban J connectivity index is 4.25. The third-order valence-electron chi connectivity index (χ3n) is 2.26. The zero-order chi connectivity index (χ0) is 12.2. The summed E-state index contributed by atoms with van der Waals surface area (Å²) in [5.41, 5.74) is 0.00952. The van der Waals surface area contributed by atoms with Gasteiger partial charge in [-0.25, -0.2) is 0 Å². The van der Waals surface area contributed by atoms with Crippen molar-refractivity contribution in [3.8, 4) is 0 Å². The molecule has 0 aliphatic carbocycles. The lowest BCUT2D eigenvalue weighted by Crippen LogP contribution is -2.30. The van der Waals surface area contributed by atoms with Crippen LogP contribution in [0, 0.1) is 17.3 Å². The summed E-state index contributed by atoms with van der Waals surface area (Å²) in [6.07, 6.45) is 0.531. The van der Waals surface area contributed by atoms with E-state index in [1.165, 1.54) is 0 Å². The van der Waals surface area contributed by atoms with E-state index in [4.69, 9.17) is 4.74 Å². The summed E-state index contributed by atoms with van der Waals surface area (Å²) in [5, 5.41) is 0. The molecule has 0 aliphatic heterocycles. The monoisotopic (exact) mass is 214 g/mol. The number of hydrogen-bond acceptors (Lipinski definition) is 2. The number of carbonyl (C=O) groups is 1. The average Bonchev–Trinajstić information content (AvgIpc) is 1.95. The molecule has 0 aromatic rings. The molecule has 0 rings (SSSR count). The van der Waals surface area contributed by atoms with Gasteiger partial charge in [-0.2, -0.15) is 0 Å². The fourth-order valence-corrected chi connectivity index (χ4v) is 1.67. The lowest BCUT2D eigenvalue weighted by molar-refractivity contribution is -0.156. The molecule has 0 aliphatic rings. The highest BCUT2D eigenvalue weighted by Gasteiger charge is 2.24. The second-order valence-electron chi connectivity index (χ2n) is 6.18. The molecule has 0 aromatic heterocycles. The predicted molar refractivity (Wildman–Crippen MR) is 63.6 cm³/mol. The van der Waals surface area contributed by atoms with Crippen molar-refractivity contribution in [2.75, 3.05) is 0 Å². The molecule has 0 radical (unpaired) electrons. The molecule has 90 valence electrons. The Hall–Kier alpha value is -0.530. The third kappa shape index (κ3) is 6.53. The SMILES string of the molecule is CC(C)C(OC(=O)CC(C)(C)C)C(C)C. The zero-order valence-corrected chi connectivity index (χ0v) is 11.3. The minimum absolute atomic E-state index is 0.00952. The Bertz CT molecular complexity index is 191. The lowest BCUT2D eigenvalue weighted by atomic mass is 9.92. The van der Waals surface area contributed by atoms with Crippen molar-refractivity contribution in [1.82, 2.24) is 0 Å². The molecule has 0 fully saturated rings. The van der Waals surface area contributed by atoms with Gasteiger partial charge in [0.1, 0.15) is 6.10 Å². The molecule has 0 spiro atoms. The summed E-state index contributed by atoms with van der Waals surface area (Å²) in [6.45, 7) is 14.5. The summed E-state index contributed by atoms with van der Waals surface area (Å²) in [4.78, 5) is 11.7. The molecule has 15 heavy (non-hydrogen) atoms. The van der Waals surface area contributed by atoms with Gasteiger partial charge in [-0.15, -0.1) is 0 Å². The van der Waals surface area contributed by atoms with Crippen LogP contribution >= 0.6 is 0 Å². The molecular weight excluding hydrogens is 188 g/mol. The Morgan fingerprint density at radius 1 is 1.07 bits per heavy atom. The van der Waals surface area contributed by atoms with Crippen molar-refractivity contribution in [3.63, 3.8) is 0 Å². The van der Waals surface area contributed by atoms with Crippen molar-refractivity contribution in [3.05, 3.63) is 0 Å². The second-order valence-corrected chi connectivity index (χ2v) is 6.18. The normalized spacial score (nSPS) is 12.7. The van der Waals surface area contributed by atoms with Gasteiger partial charge in [-0.3, -0.25) is 4.79 Å². The van der Waals surface area contributed by atoms with E-state index < -0.39 is 0 Å². The van der Waals surface area contributed by atoms with Crippen LogP contribution in [0.1, 0.15) is 54.9 Å². The summed E-state index contributed by atoms with van der Waals surface area (Å²) >= 11 is 0. The molecule has 0 amide bonds. The van der Waals surface area contributed by atoms with Crippen molar-refractivity contribution < 1.29 is 9.53 Å². The molecule has 0 atom stereocenters. The van der Waals surface area contributed by atoms with Gasteiger partial charge in [0.2, 0.25) is 0 Å². The standard InChI is InChI=1S/C13H26O2/c1-9(2)12(10(3)4)15-11(14)8-13(5,6)7/h9-10,12H,8H2,1-7H3. The van der Waals surface area contributed by atoms with E-state index in [9.17, 15) is 4.79 Å². The number of ether oxygens (including phenoxy) is 1. The van der Waals surface area contributed by atoms with Gasteiger partial charge in [-0.1, -0.05) is 48.5 Å². The van der Waals surface area contributed by atoms with Crippen molar-refractivity contribution in [2.24, 2.45) is 17.3 Å². The Kier molecular flexibility index (Phi) is 5.33. The van der Waals surface area contributed by atoms with Crippen LogP contribution < -0.4 is 0 Å². The van der Waals surface area contributed by atoms with Crippen LogP contribution in [-0.4, -0.2) is 12.1 Å². The van der Waals surface area contributed by atoms with E-state index in [1.54, 1.807) is 0 Å². The van der Waals surface area contributed by atoms with E-state index in [0.717, 1.165) is 0 Å². The highest BCUT2D eigenvalue weighted by molar-refractivity contribution is 5.70. The van der Waals surface area contributed by atoms with Gasteiger partial charge in [-0.05, 0) is 17.3 Å². The number of rotatable bonds is 4. The highest BCUT2D eigenvalue weighted by atomic mass is 16.5. The van der Waals surface area contributed by atoms with Crippen LogP contribution in [0.25, 0.3) is 0 Å². The third-order valence-corrected chi connectivity index (χ3v) is 2.26. The van der Waals surface area contributed by atoms with E-state index in [1.807, 2.05) is 20.8 Å². The first kappa shape index (κ1) is 14.5. The first-order valence-corrected chi connectivity index (χ1v) is 5.83. The van der Waals surface area contributed by atoms with Crippen molar-refractivity contribution in [2.45, 2.75) is 61.0 Å². The summed E-state index contributed by atoms with van der Waals surface area (Å²) < 4.78 is 5.51. The van der Waals surface area contributed by atoms with Crippen LogP contribution in [0.4, 0.5) is 0 Å². The molecule has 0 aromatic carbocycles. The van der Waals surface area contributed by atoms with Gasteiger partial charge < -0.3 is 4.74 Å². The molecule has 0 heterocycles. The van der Waals surface area contributed by atoms with Crippen LogP contribution in [0.3, 0.4) is 0 Å². The quantitative estimate of drug-likeness (QED) is 0.668. The molecule has 0 N–H and O–H groups in total. The van der Waals surface area contributed by atoms with Crippen molar-refractivity contribution >= 4 is 5.97 Å². The molecule has 2 heteroatoms. The van der Waals surface area contributed by atoms with E-state index in [0.29, 0.717) is 18.3 Å². The maximum absolute atomic E-state index is 11.7. The predicted octanol–water partition coefficient (Wildman–Crippen LogP) is 3.65. The van der Waals surface area contributed by atoms with Gasteiger partial charge in [0.15, 0.2) is 0 Å². The number of carbonyl (C=O) groups excluding carboxylic acids is 1. The molecule has 0 bridgehead atoms. The number of hydrogen-bond donors (Lipinski definition) is 0. The lowest BCUT2D eigenvalue weighted by Gasteiger charge is -2.26. The molecule has 0 saturated heterocycles. The van der Waals surface area contributed by atoms with Gasteiger partial charge in [0, 0.05) is 0 Å². The summed E-state index contributed by atoms with van der Waals surface area (Å²) in [6, 6.07) is 0. The second kappa shape index (κ2) is 5.53. The topological polar surface area (TPSA) is 26.3 Å². The van der Waals surface area contributed by atoms with E-state index >= 15 is 0 Å².